The van der Waals surface area contributed by atoms with Gasteiger partial charge in [0.25, 0.3) is 0 Å². The molecule has 1 atom stereocenters. The summed E-state index contributed by atoms with van der Waals surface area (Å²) in [4.78, 5) is 20.3. The van der Waals surface area contributed by atoms with Gasteiger partial charge in [-0.1, -0.05) is 13.5 Å². The fourth-order valence-corrected chi connectivity index (χ4v) is 1.86. The van der Waals surface area contributed by atoms with Gasteiger partial charge < -0.3 is 23.8 Å². The molecule has 7 heteroatoms. The molecule has 0 heterocycles. The molecule has 0 spiro atoms. The van der Waals surface area contributed by atoms with Crippen LogP contribution in [0.1, 0.15) is 26.7 Å². The van der Waals surface area contributed by atoms with Gasteiger partial charge in [-0.15, -0.1) is 0 Å². The number of carbonyl (C=O) groups is 1. The molecule has 0 radical (unpaired) electrons. The Labute approximate surface area is 123 Å². The predicted molar refractivity (Wildman–Crippen MR) is 80.6 cm³/mol. The standard InChI is InChI=1S/C11H22N2O.C2H7O3P/c1-5-9-13(3,4)10-7-8-12-11(14)6-2;1-2-5-6(3)4/h6H,2,5,7-10H2,1,3-4H3;6H,2H2,1H3,(H,3,4). The number of rotatable bonds is 9. The number of nitrogens with one attached hydrogen (secondary N) is 1. The molecule has 0 aromatic heterocycles. The van der Waals surface area contributed by atoms with Crippen molar-refractivity contribution in [2.45, 2.75) is 26.7 Å². The lowest BCUT2D eigenvalue weighted by Crippen LogP contribution is -2.42. The minimum Gasteiger partial charge on any atom is -0.781 e. The van der Waals surface area contributed by atoms with E-state index in [-0.39, 0.29) is 12.5 Å². The van der Waals surface area contributed by atoms with E-state index < -0.39 is 8.25 Å². The van der Waals surface area contributed by atoms with Gasteiger partial charge in [-0.25, -0.2) is 0 Å². The average Bonchev–Trinajstić information content (AvgIpc) is 2.35. The van der Waals surface area contributed by atoms with Crippen molar-refractivity contribution in [2.24, 2.45) is 0 Å². The molecule has 6 nitrogen and oxygen atoms in total. The summed E-state index contributed by atoms with van der Waals surface area (Å²) < 4.78 is 14.5. The molecule has 0 aliphatic carbocycles. The molecule has 1 unspecified atom stereocenters. The summed E-state index contributed by atoms with van der Waals surface area (Å²) in [5.41, 5.74) is 0. The van der Waals surface area contributed by atoms with E-state index in [0.29, 0.717) is 0 Å². The van der Waals surface area contributed by atoms with Gasteiger partial charge in [0.2, 0.25) is 5.91 Å². The minimum absolute atomic E-state index is 0.0780. The van der Waals surface area contributed by atoms with Crippen LogP contribution < -0.4 is 10.2 Å². The van der Waals surface area contributed by atoms with Crippen LogP contribution in [0, 0.1) is 0 Å². The third-order valence-electron chi connectivity index (χ3n) is 2.52. The molecule has 1 amide bonds. The van der Waals surface area contributed by atoms with E-state index in [0.717, 1.165) is 24.0 Å². The van der Waals surface area contributed by atoms with Crippen molar-refractivity contribution in [3.8, 4) is 0 Å². The molecule has 1 N–H and O–H groups in total. The Bertz CT molecular complexity index is 296. The normalized spacial score (nSPS) is 12.1. The van der Waals surface area contributed by atoms with E-state index in [9.17, 15) is 14.3 Å². The van der Waals surface area contributed by atoms with E-state index in [2.05, 4.69) is 37.4 Å². The highest BCUT2D eigenvalue weighted by Crippen LogP contribution is 2.05. The minimum atomic E-state index is -2.89. The number of carbonyl (C=O) groups excluding carboxylic acids is 1. The first kappa shape index (κ1) is 21.6. The molecule has 0 fully saturated rings. The first-order valence-electron chi connectivity index (χ1n) is 6.85. The molecule has 0 rings (SSSR count). The van der Waals surface area contributed by atoms with Gasteiger partial charge in [-0.05, 0) is 19.4 Å². The van der Waals surface area contributed by atoms with Gasteiger partial charge in [0.05, 0.1) is 27.2 Å². The number of quaternary nitrogens is 1. The Morgan fingerprint density at radius 2 is 2.00 bits per heavy atom. The van der Waals surface area contributed by atoms with E-state index in [1.54, 1.807) is 6.92 Å². The van der Waals surface area contributed by atoms with Crippen LogP contribution in [-0.4, -0.2) is 50.7 Å². The summed E-state index contributed by atoms with van der Waals surface area (Å²) in [6, 6.07) is 0. The third kappa shape index (κ3) is 17.3. The molecular formula is C13H29N2O4P. The van der Waals surface area contributed by atoms with Gasteiger partial charge in [0.15, 0.2) is 0 Å². The molecule has 0 aromatic rings. The number of hydrogen-bond donors (Lipinski definition) is 1. The van der Waals surface area contributed by atoms with Crippen molar-refractivity contribution in [1.82, 2.24) is 5.32 Å². The van der Waals surface area contributed by atoms with Crippen molar-refractivity contribution < 1.29 is 23.3 Å². The molecule has 0 aromatic carbocycles. The second kappa shape index (κ2) is 13.3. The second-order valence-electron chi connectivity index (χ2n) is 4.91. The predicted octanol–water partition coefficient (Wildman–Crippen LogP) is 0.938. The van der Waals surface area contributed by atoms with Gasteiger partial charge >= 0.3 is 0 Å². The number of amides is 1. The van der Waals surface area contributed by atoms with Crippen molar-refractivity contribution in [3.63, 3.8) is 0 Å². The summed E-state index contributed by atoms with van der Waals surface area (Å²) in [6.45, 7) is 10.5. The van der Waals surface area contributed by atoms with Crippen molar-refractivity contribution in [1.29, 1.82) is 0 Å². The summed E-state index contributed by atoms with van der Waals surface area (Å²) >= 11 is 0. The number of nitrogens with zero attached hydrogens (tertiary/aromatic N) is 1. The topological polar surface area (TPSA) is 78.5 Å². The molecule has 0 bridgehead atoms. The van der Waals surface area contributed by atoms with Gasteiger partial charge in [-0.3, -0.25) is 4.79 Å². The Kier molecular flexibility index (Phi) is 14.4. The monoisotopic (exact) mass is 308 g/mol. The zero-order valence-corrected chi connectivity index (χ0v) is 14.1. The summed E-state index contributed by atoms with van der Waals surface area (Å²) in [5.74, 6) is -0.0780. The second-order valence-corrected chi connectivity index (χ2v) is 5.70. The van der Waals surface area contributed by atoms with Crippen LogP contribution >= 0.6 is 8.25 Å². The van der Waals surface area contributed by atoms with Crippen LogP contribution in [0.15, 0.2) is 12.7 Å². The lowest BCUT2D eigenvalue weighted by atomic mass is 10.3. The van der Waals surface area contributed by atoms with Crippen molar-refractivity contribution in [2.75, 3.05) is 40.3 Å². The average molecular weight is 308 g/mol. The fourth-order valence-electron chi connectivity index (χ4n) is 1.63. The molecule has 0 aliphatic rings. The molecule has 0 saturated heterocycles. The maximum atomic E-state index is 10.8. The zero-order chi connectivity index (χ0) is 16.0. The molecule has 120 valence electrons. The molecule has 0 aliphatic heterocycles. The largest absolute Gasteiger partial charge is 0.781 e. The van der Waals surface area contributed by atoms with E-state index in [1.165, 1.54) is 19.0 Å². The van der Waals surface area contributed by atoms with Gasteiger partial charge in [0.1, 0.15) is 8.25 Å². The third-order valence-corrected chi connectivity index (χ3v) is 3.04. The first-order chi connectivity index (χ1) is 9.29. The van der Waals surface area contributed by atoms with Gasteiger partial charge in [0, 0.05) is 19.6 Å². The highest BCUT2D eigenvalue weighted by molar-refractivity contribution is 7.30. The van der Waals surface area contributed by atoms with Gasteiger partial charge in [-0.2, -0.15) is 0 Å². The van der Waals surface area contributed by atoms with Crippen LogP contribution in [0.3, 0.4) is 0 Å². The number of hydrogen-bond acceptors (Lipinski definition) is 4. The molecule has 20 heavy (non-hydrogen) atoms. The van der Waals surface area contributed by atoms with E-state index in [1.807, 2.05) is 0 Å². The van der Waals surface area contributed by atoms with Crippen molar-refractivity contribution >= 4 is 14.2 Å². The fraction of sp³-hybridized carbons (Fsp3) is 0.769. The first-order valence-corrected chi connectivity index (χ1v) is 8.07. The molecular weight excluding hydrogens is 279 g/mol. The van der Waals surface area contributed by atoms with Crippen LogP contribution in [-0.2, 0) is 13.9 Å². The zero-order valence-electron chi connectivity index (χ0n) is 13.1. The summed E-state index contributed by atoms with van der Waals surface area (Å²) in [5, 5.41) is 2.78. The Hall–Kier alpha value is -0.680. The van der Waals surface area contributed by atoms with Crippen molar-refractivity contribution in [3.05, 3.63) is 12.7 Å². The lowest BCUT2D eigenvalue weighted by Gasteiger charge is -2.29. The summed E-state index contributed by atoms with van der Waals surface area (Å²) in [6.07, 6.45) is 3.53. The maximum Gasteiger partial charge on any atom is 0.243 e. The van der Waals surface area contributed by atoms with E-state index in [4.69, 9.17) is 0 Å². The highest BCUT2D eigenvalue weighted by Gasteiger charge is 2.12. The van der Waals surface area contributed by atoms with E-state index >= 15 is 0 Å². The maximum absolute atomic E-state index is 10.8. The van der Waals surface area contributed by atoms with Crippen LogP contribution in [0.25, 0.3) is 0 Å². The highest BCUT2D eigenvalue weighted by atomic mass is 31.1. The summed E-state index contributed by atoms with van der Waals surface area (Å²) in [7, 11) is 1.56. The van der Waals surface area contributed by atoms with Crippen LogP contribution in [0.5, 0.6) is 0 Å². The molecule has 0 saturated carbocycles. The Morgan fingerprint density at radius 3 is 2.35 bits per heavy atom. The lowest BCUT2D eigenvalue weighted by molar-refractivity contribution is -0.890. The smallest absolute Gasteiger partial charge is 0.243 e. The van der Waals surface area contributed by atoms with Crippen LogP contribution in [0.4, 0.5) is 0 Å². The Morgan fingerprint density at radius 1 is 1.40 bits per heavy atom. The SMILES string of the molecule is C=CC(=O)NCCC[N+](C)(C)CCC.CCO[PH](=O)[O-]. The quantitative estimate of drug-likeness (QED) is 0.297. The van der Waals surface area contributed by atoms with Crippen LogP contribution in [0.2, 0.25) is 0 Å². The Balaban J connectivity index is 0.